The van der Waals surface area contributed by atoms with E-state index in [0.717, 1.165) is 12.1 Å². The number of sulfonamides is 2. The molecule has 0 saturated heterocycles. The molecule has 0 aliphatic rings. The number of hydrogen-bond acceptors (Lipinski definition) is 8. The molecular weight excluding hydrogens is 456 g/mol. The molecule has 0 spiro atoms. The topological polar surface area (TPSA) is 146 Å². The van der Waals surface area contributed by atoms with E-state index in [9.17, 15) is 26.7 Å². The first-order valence-corrected chi connectivity index (χ1v) is 11.6. The zero-order valence-electron chi connectivity index (χ0n) is 15.0. The molecule has 3 rings (SSSR count). The van der Waals surface area contributed by atoms with E-state index in [1.807, 2.05) is 0 Å². The highest BCUT2D eigenvalue weighted by Crippen LogP contribution is 2.29. The zero-order chi connectivity index (χ0) is 21.9. The van der Waals surface area contributed by atoms with Gasteiger partial charge in [-0.15, -0.1) is 4.13 Å². The van der Waals surface area contributed by atoms with E-state index in [4.69, 9.17) is 16.0 Å². The summed E-state index contributed by atoms with van der Waals surface area (Å²) in [6, 6.07) is 11.9. The van der Waals surface area contributed by atoms with Gasteiger partial charge in [0.25, 0.3) is 20.0 Å². The summed E-state index contributed by atoms with van der Waals surface area (Å²) in [5.41, 5.74) is -0.551. The number of rotatable bonds is 8. The number of benzene rings is 2. The molecule has 2 N–H and O–H groups in total. The van der Waals surface area contributed by atoms with Crippen LogP contribution in [0.5, 0.6) is 0 Å². The lowest BCUT2D eigenvalue weighted by Crippen LogP contribution is -2.31. The number of halogens is 1. The van der Waals surface area contributed by atoms with Crippen molar-refractivity contribution in [1.29, 1.82) is 0 Å². The molecule has 0 atom stereocenters. The van der Waals surface area contributed by atoms with Crippen LogP contribution in [0, 0.1) is 0 Å². The second-order valence-electron chi connectivity index (χ2n) is 5.95. The lowest BCUT2D eigenvalue weighted by atomic mass is 10.1. The van der Waals surface area contributed by atoms with Crippen LogP contribution in [0.25, 0.3) is 0 Å². The van der Waals surface area contributed by atoms with Crippen LogP contribution in [0.3, 0.4) is 0 Å². The standard InChI is InChI=1S/C18H15ClN2O7S2/c19-15-10-16(20-11-12-5-4-8-28-12)14(18(22)23)9-17(15)30(26,27)21-29(24,25)13-6-2-1-3-7-13/h1-10,20-21H,11H2,(H,22,23)/p-1. The molecule has 0 saturated carbocycles. The monoisotopic (exact) mass is 469 g/mol. The van der Waals surface area contributed by atoms with Crippen LogP contribution in [0.4, 0.5) is 5.69 Å². The number of furan rings is 1. The van der Waals surface area contributed by atoms with Gasteiger partial charge in [-0.1, -0.05) is 29.8 Å². The third kappa shape index (κ3) is 4.82. The Kier molecular flexibility index (Phi) is 6.17. The van der Waals surface area contributed by atoms with Crippen molar-refractivity contribution in [3.05, 3.63) is 77.2 Å². The Morgan fingerprint density at radius 2 is 1.70 bits per heavy atom. The number of carboxylic acid groups (broad SMARTS) is 1. The average Bonchev–Trinajstić information content (AvgIpc) is 3.19. The van der Waals surface area contributed by atoms with Gasteiger partial charge >= 0.3 is 0 Å². The summed E-state index contributed by atoms with van der Waals surface area (Å²) >= 11 is 6.04. The predicted molar refractivity (Wildman–Crippen MR) is 106 cm³/mol. The summed E-state index contributed by atoms with van der Waals surface area (Å²) in [5, 5.41) is 13.9. The van der Waals surface area contributed by atoms with Gasteiger partial charge in [0.15, 0.2) is 0 Å². The van der Waals surface area contributed by atoms with Gasteiger partial charge in [0.1, 0.15) is 10.7 Å². The minimum absolute atomic E-state index is 0.0266. The minimum atomic E-state index is -4.74. The van der Waals surface area contributed by atoms with Gasteiger partial charge in [-0.05, 0) is 36.4 Å². The van der Waals surface area contributed by atoms with Crippen LogP contribution in [0.1, 0.15) is 16.1 Å². The second kappa shape index (κ2) is 8.48. The average molecular weight is 470 g/mol. The van der Waals surface area contributed by atoms with E-state index < -0.39 is 41.5 Å². The van der Waals surface area contributed by atoms with Crippen molar-refractivity contribution in [1.82, 2.24) is 4.13 Å². The van der Waals surface area contributed by atoms with E-state index in [0.29, 0.717) is 5.76 Å². The molecule has 0 amide bonds. The summed E-state index contributed by atoms with van der Waals surface area (Å²) in [6.45, 7) is 0.0936. The van der Waals surface area contributed by atoms with E-state index in [1.54, 1.807) is 22.3 Å². The molecule has 2 aromatic carbocycles. The highest BCUT2D eigenvalue weighted by Gasteiger charge is 2.27. The van der Waals surface area contributed by atoms with Crippen molar-refractivity contribution in [2.75, 3.05) is 5.32 Å². The van der Waals surface area contributed by atoms with Crippen molar-refractivity contribution in [3.63, 3.8) is 0 Å². The molecule has 1 heterocycles. The van der Waals surface area contributed by atoms with Crippen molar-refractivity contribution >= 4 is 43.3 Å². The van der Waals surface area contributed by atoms with E-state index in [-0.39, 0.29) is 17.1 Å². The van der Waals surface area contributed by atoms with Crippen LogP contribution < -0.4 is 14.6 Å². The van der Waals surface area contributed by atoms with Crippen LogP contribution >= 0.6 is 11.6 Å². The normalized spacial score (nSPS) is 11.9. The summed E-state index contributed by atoms with van der Waals surface area (Å²) in [6.07, 6.45) is 1.43. The predicted octanol–water partition coefficient (Wildman–Crippen LogP) is 1.58. The molecule has 30 heavy (non-hydrogen) atoms. The molecule has 158 valence electrons. The van der Waals surface area contributed by atoms with Crippen LogP contribution in [0.2, 0.25) is 5.02 Å². The van der Waals surface area contributed by atoms with E-state index >= 15 is 0 Å². The molecule has 9 nitrogen and oxygen atoms in total. The molecule has 0 aliphatic heterocycles. The summed E-state index contributed by atoms with van der Waals surface area (Å²) in [5.74, 6) is -1.20. The van der Waals surface area contributed by atoms with Crippen molar-refractivity contribution in [2.24, 2.45) is 0 Å². The van der Waals surface area contributed by atoms with Crippen molar-refractivity contribution in [3.8, 4) is 0 Å². The number of aromatic carboxylic acids is 1. The minimum Gasteiger partial charge on any atom is -0.545 e. The second-order valence-corrected chi connectivity index (χ2v) is 9.95. The van der Waals surface area contributed by atoms with Crippen molar-refractivity contribution < 1.29 is 31.2 Å². The fourth-order valence-electron chi connectivity index (χ4n) is 2.51. The molecule has 3 aromatic rings. The van der Waals surface area contributed by atoms with Gasteiger partial charge in [-0.2, -0.15) is 0 Å². The van der Waals surface area contributed by atoms with E-state index in [2.05, 4.69) is 5.32 Å². The third-order valence-electron chi connectivity index (χ3n) is 3.89. The zero-order valence-corrected chi connectivity index (χ0v) is 17.4. The molecule has 12 heteroatoms. The molecule has 0 bridgehead atoms. The Balaban J connectivity index is 1.96. The van der Waals surface area contributed by atoms with Gasteiger partial charge in [0.05, 0.1) is 28.7 Å². The van der Waals surface area contributed by atoms with Gasteiger partial charge in [-0.3, -0.25) is 0 Å². The fraction of sp³-hybridized carbons (Fsp3) is 0.0556. The summed E-state index contributed by atoms with van der Waals surface area (Å²) < 4.78 is 56.7. The smallest absolute Gasteiger partial charge is 0.255 e. The highest BCUT2D eigenvalue weighted by molar-refractivity contribution is 8.04. The first-order chi connectivity index (χ1) is 14.1. The Labute approximate surface area is 177 Å². The number of anilines is 1. The Bertz CT molecular complexity index is 1270. The molecule has 1 aromatic heterocycles. The molecule has 0 radical (unpaired) electrons. The Hall–Kier alpha value is -2.86. The van der Waals surface area contributed by atoms with Crippen LogP contribution in [-0.4, -0.2) is 22.8 Å². The number of nitrogens with one attached hydrogen (secondary N) is 2. The van der Waals surface area contributed by atoms with Crippen LogP contribution in [-0.2, 0) is 26.6 Å². The van der Waals surface area contributed by atoms with Gasteiger partial charge in [0.2, 0.25) is 0 Å². The van der Waals surface area contributed by atoms with Crippen molar-refractivity contribution in [2.45, 2.75) is 16.3 Å². The first kappa shape index (κ1) is 21.8. The number of carboxylic acids is 1. The quantitative estimate of drug-likeness (QED) is 0.505. The van der Waals surface area contributed by atoms with Gasteiger partial charge < -0.3 is 19.6 Å². The third-order valence-corrected chi connectivity index (χ3v) is 7.88. The van der Waals surface area contributed by atoms with E-state index in [1.165, 1.54) is 30.5 Å². The highest BCUT2D eigenvalue weighted by atomic mass is 35.5. The molecular formula is C18H14ClN2O7S2-. The number of carbonyl (C=O) groups excluding carboxylic acids is 1. The Morgan fingerprint density at radius 1 is 1.00 bits per heavy atom. The summed E-state index contributed by atoms with van der Waals surface area (Å²) in [4.78, 5) is 10.5. The molecule has 0 aliphatic carbocycles. The van der Waals surface area contributed by atoms with Gasteiger partial charge in [0, 0.05) is 11.3 Å². The van der Waals surface area contributed by atoms with Gasteiger partial charge in [-0.25, -0.2) is 16.8 Å². The SMILES string of the molecule is O=C([O-])c1cc(S(=O)(=O)NS(=O)(=O)c2ccccc2)c(Cl)cc1NCc1ccco1. The molecule has 0 unspecified atom stereocenters. The fourth-order valence-corrected chi connectivity index (χ4v) is 5.98. The largest absolute Gasteiger partial charge is 0.545 e. The Morgan fingerprint density at radius 3 is 2.30 bits per heavy atom. The summed E-state index contributed by atoms with van der Waals surface area (Å²) in [7, 11) is -9.19. The number of carbonyl (C=O) groups is 1. The maximum atomic E-state index is 12.6. The first-order valence-electron chi connectivity index (χ1n) is 8.25. The molecule has 0 fully saturated rings. The number of hydrogen-bond donors (Lipinski definition) is 2. The maximum Gasteiger partial charge on any atom is 0.255 e. The maximum absolute atomic E-state index is 12.6. The van der Waals surface area contributed by atoms with Crippen LogP contribution in [0.15, 0.2) is 75.1 Å². The lowest BCUT2D eigenvalue weighted by molar-refractivity contribution is -0.254. The lowest BCUT2D eigenvalue weighted by Gasteiger charge is -2.16.